The summed E-state index contributed by atoms with van der Waals surface area (Å²) in [6.45, 7) is 1.90. The van der Waals surface area contributed by atoms with E-state index in [0.29, 0.717) is 18.2 Å². The van der Waals surface area contributed by atoms with E-state index in [-0.39, 0.29) is 12.5 Å². The Hall–Kier alpha value is -0.280. The zero-order valence-corrected chi connectivity index (χ0v) is 9.17. The molecule has 1 unspecified atom stereocenters. The molecule has 82 valence electrons. The lowest BCUT2D eigenvalue weighted by atomic mass is 10.1. The highest BCUT2D eigenvalue weighted by atomic mass is 35.5. The lowest BCUT2D eigenvalue weighted by Crippen LogP contribution is -2.28. The summed E-state index contributed by atoms with van der Waals surface area (Å²) in [4.78, 5) is 13.5. The lowest BCUT2D eigenvalue weighted by molar-refractivity contribution is -0.130. The van der Waals surface area contributed by atoms with Gasteiger partial charge in [0.2, 0.25) is 5.91 Å². The third-order valence-electron chi connectivity index (χ3n) is 2.70. The van der Waals surface area contributed by atoms with Crippen LogP contribution in [0, 0.1) is 5.92 Å². The van der Waals surface area contributed by atoms with E-state index in [4.69, 9.17) is 16.7 Å². The second kappa shape index (κ2) is 6.25. The zero-order valence-electron chi connectivity index (χ0n) is 8.41. The van der Waals surface area contributed by atoms with Crippen LogP contribution in [0.3, 0.4) is 0 Å². The van der Waals surface area contributed by atoms with E-state index in [1.165, 1.54) is 0 Å². The number of hydrogen-bond donors (Lipinski definition) is 1. The summed E-state index contributed by atoms with van der Waals surface area (Å²) in [6, 6.07) is 0. The van der Waals surface area contributed by atoms with Crippen molar-refractivity contribution >= 4 is 17.5 Å². The smallest absolute Gasteiger partial charge is 0.222 e. The Labute approximate surface area is 90.0 Å². The van der Waals surface area contributed by atoms with Gasteiger partial charge in [-0.15, -0.1) is 11.6 Å². The van der Waals surface area contributed by atoms with Crippen molar-refractivity contribution in [3.05, 3.63) is 0 Å². The highest BCUT2D eigenvalue weighted by Crippen LogP contribution is 2.19. The number of carbonyl (C=O) groups excluding carboxylic acids is 1. The summed E-state index contributed by atoms with van der Waals surface area (Å²) in [6.07, 6.45) is 3.18. The van der Waals surface area contributed by atoms with Crippen molar-refractivity contribution in [2.24, 2.45) is 5.92 Å². The highest BCUT2D eigenvalue weighted by Gasteiger charge is 2.24. The van der Waals surface area contributed by atoms with Crippen LogP contribution in [0.2, 0.25) is 0 Å². The molecule has 0 aromatic rings. The quantitative estimate of drug-likeness (QED) is 0.707. The van der Waals surface area contributed by atoms with Gasteiger partial charge in [-0.2, -0.15) is 0 Å². The lowest BCUT2D eigenvalue weighted by Gasteiger charge is -2.15. The number of aliphatic hydroxyl groups excluding tert-OH is 1. The number of alkyl halides is 1. The number of amides is 1. The van der Waals surface area contributed by atoms with Crippen LogP contribution in [0.15, 0.2) is 0 Å². The Morgan fingerprint density at radius 2 is 2.36 bits per heavy atom. The van der Waals surface area contributed by atoms with Crippen molar-refractivity contribution in [2.45, 2.75) is 25.7 Å². The molecule has 1 aliphatic rings. The van der Waals surface area contributed by atoms with Gasteiger partial charge in [-0.05, 0) is 25.2 Å². The maximum atomic E-state index is 11.6. The topological polar surface area (TPSA) is 40.5 Å². The molecule has 1 rings (SSSR count). The van der Waals surface area contributed by atoms with Gasteiger partial charge in [0.1, 0.15) is 0 Å². The molecule has 3 nitrogen and oxygen atoms in total. The number of hydrogen-bond acceptors (Lipinski definition) is 2. The van der Waals surface area contributed by atoms with Gasteiger partial charge in [0.15, 0.2) is 0 Å². The molecule has 1 amide bonds. The van der Waals surface area contributed by atoms with Crippen molar-refractivity contribution in [3.8, 4) is 0 Å². The Balaban J connectivity index is 2.23. The molecule has 1 heterocycles. The molecule has 1 saturated heterocycles. The molecule has 1 fully saturated rings. The fourth-order valence-corrected chi connectivity index (χ4v) is 1.99. The van der Waals surface area contributed by atoms with E-state index < -0.39 is 0 Å². The minimum atomic E-state index is 0.214. The van der Waals surface area contributed by atoms with Crippen LogP contribution >= 0.6 is 11.6 Å². The fourth-order valence-electron chi connectivity index (χ4n) is 1.85. The fraction of sp³-hybridized carbons (Fsp3) is 0.900. The number of likely N-dealkylation sites (tertiary alicyclic amines) is 1. The van der Waals surface area contributed by atoms with E-state index in [2.05, 4.69) is 0 Å². The summed E-state index contributed by atoms with van der Waals surface area (Å²) in [5.41, 5.74) is 0. The predicted molar refractivity (Wildman–Crippen MR) is 56.3 cm³/mol. The monoisotopic (exact) mass is 219 g/mol. The number of aliphatic hydroxyl groups is 1. The zero-order chi connectivity index (χ0) is 10.4. The van der Waals surface area contributed by atoms with E-state index in [9.17, 15) is 4.79 Å². The van der Waals surface area contributed by atoms with E-state index >= 15 is 0 Å². The second-order valence-corrected chi connectivity index (χ2v) is 4.18. The first-order valence-corrected chi connectivity index (χ1v) is 5.76. The SMILES string of the molecule is O=C(CCCCl)N1CCC(CCO)C1. The summed E-state index contributed by atoms with van der Waals surface area (Å²) in [7, 11) is 0. The third kappa shape index (κ3) is 3.46. The molecular weight excluding hydrogens is 202 g/mol. The summed E-state index contributed by atoms with van der Waals surface area (Å²) < 4.78 is 0. The number of halogens is 1. The Bertz CT molecular complexity index is 187. The third-order valence-corrected chi connectivity index (χ3v) is 2.97. The van der Waals surface area contributed by atoms with Crippen LogP contribution < -0.4 is 0 Å². The van der Waals surface area contributed by atoms with Gasteiger partial charge in [0.25, 0.3) is 0 Å². The van der Waals surface area contributed by atoms with Gasteiger partial charge < -0.3 is 10.0 Å². The standard InChI is InChI=1S/C10H18ClNO2/c11-5-1-2-10(14)12-6-3-9(8-12)4-7-13/h9,13H,1-8H2. The first kappa shape index (κ1) is 11.8. The molecule has 0 aromatic heterocycles. The molecule has 0 spiro atoms. The van der Waals surface area contributed by atoms with Crippen LogP contribution in [-0.4, -0.2) is 41.5 Å². The van der Waals surface area contributed by atoms with Crippen molar-refractivity contribution in [2.75, 3.05) is 25.6 Å². The Morgan fingerprint density at radius 1 is 1.57 bits per heavy atom. The van der Waals surface area contributed by atoms with E-state index in [0.717, 1.165) is 32.4 Å². The Morgan fingerprint density at radius 3 is 3.00 bits per heavy atom. The van der Waals surface area contributed by atoms with E-state index in [1.807, 2.05) is 4.90 Å². The van der Waals surface area contributed by atoms with Crippen molar-refractivity contribution in [1.82, 2.24) is 4.90 Å². The maximum absolute atomic E-state index is 11.6. The van der Waals surface area contributed by atoms with Gasteiger partial charge >= 0.3 is 0 Å². The number of carbonyl (C=O) groups is 1. The average Bonchev–Trinajstić information content (AvgIpc) is 2.63. The van der Waals surface area contributed by atoms with Crippen molar-refractivity contribution < 1.29 is 9.90 Å². The highest BCUT2D eigenvalue weighted by molar-refractivity contribution is 6.17. The van der Waals surface area contributed by atoms with Gasteiger partial charge in [0, 0.05) is 32.0 Å². The molecule has 14 heavy (non-hydrogen) atoms. The van der Waals surface area contributed by atoms with Gasteiger partial charge in [-0.25, -0.2) is 0 Å². The molecule has 0 saturated carbocycles. The number of nitrogens with zero attached hydrogens (tertiary/aromatic N) is 1. The molecular formula is C10H18ClNO2. The van der Waals surface area contributed by atoms with Gasteiger partial charge in [-0.1, -0.05) is 0 Å². The minimum Gasteiger partial charge on any atom is -0.396 e. The molecule has 4 heteroatoms. The Kier molecular flexibility index (Phi) is 5.26. The number of rotatable bonds is 5. The largest absolute Gasteiger partial charge is 0.396 e. The second-order valence-electron chi connectivity index (χ2n) is 3.80. The molecule has 0 radical (unpaired) electrons. The van der Waals surface area contributed by atoms with Crippen molar-refractivity contribution in [3.63, 3.8) is 0 Å². The molecule has 1 atom stereocenters. The summed E-state index contributed by atoms with van der Waals surface area (Å²) in [5, 5.41) is 8.77. The molecule has 0 aliphatic carbocycles. The van der Waals surface area contributed by atoms with Crippen molar-refractivity contribution in [1.29, 1.82) is 0 Å². The first-order valence-electron chi connectivity index (χ1n) is 5.22. The molecule has 1 aliphatic heterocycles. The molecule has 0 aromatic carbocycles. The average molecular weight is 220 g/mol. The molecule has 0 bridgehead atoms. The van der Waals surface area contributed by atoms with Crippen LogP contribution in [0.1, 0.15) is 25.7 Å². The summed E-state index contributed by atoms with van der Waals surface area (Å²) in [5.74, 6) is 1.27. The first-order chi connectivity index (χ1) is 6.77. The summed E-state index contributed by atoms with van der Waals surface area (Å²) >= 11 is 5.53. The van der Waals surface area contributed by atoms with Gasteiger partial charge in [-0.3, -0.25) is 4.79 Å². The van der Waals surface area contributed by atoms with Gasteiger partial charge in [0.05, 0.1) is 0 Å². The predicted octanol–water partition coefficient (Wildman–Crippen LogP) is 1.24. The van der Waals surface area contributed by atoms with Crippen LogP contribution in [0.5, 0.6) is 0 Å². The van der Waals surface area contributed by atoms with Crippen LogP contribution in [0.25, 0.3) is 0 Å². The van der Waals surface area contributed by atoms with E-state index in [1.54, 1.807) is 0 Å². The van der Waals surface area contributed by atoms with Crippen LogP contribution in [-0.2, 0) is 4.79 Å². The maximum Gasteiger partial charge on any atom is 0.222 e. The molecule has 1 N–H and O–H groups in total. The normalized spacial score (nSPS) is 21.6. The van der Waals surface area contributed by atoms with Crippen LogP contribution in [0.4, 0.5) is 0 Å². The minimum absolute atomic E-state index is 0.214.